The number of carbonyl (C=O) groups is 2. The zero-order valence-electron chi connectivity index (χ0n) is 16.2. The Kier molecular flexibility index (Phi) is 5.79. The molecule has 2 heterocycles. The van der Waals surface area contributed by atoms with Gasteiger partial charge in [0.15, 0.2) is 12.2 Å². The van der Waals surface area contributed by atoms with Gasteiger partial charge in [0.05, 0.1) is 11.3 Å². The highest BCUT2D eigenvalue weighted by atomic mass is 16.7. The van der Waals surface area contributed by atoms with Crippen molar-refractivity contribution in [3.63, 3.8) is 0 Å². The number of non-ortho nitro benzene ring substituents is 1. The van der Waals surface area contributed by atoms with Gasteiger partial charge in [-0.3, -0.25) is 14.9 Å². The molecule has 0 spiro atoms. The number of hydrogen-bond donors (Lipinski definition) is 1. The zero-order valence-corrected chi connectivity index (χ0v) is 16.2. The van der Waals surface area contributed by atoms with Gasteiger partial charge in [-0.2, -0.15) is 0 Å². The fourth-order valence-corrected chi connectivity index (χ4v) is 3.70. The van der Waals surface area contributed by atoms with E-state index in [1.54, 1.807) is 24.3 Å². The molecular weight excluding hydrogens is 406 g/mol. The van der Waals surface area contributed by atoms with Gasteiger partial charge >= 0.3 is 11.9 Å². The highest BCUT2D eigenvalue weighted by Crippen LogP contribution is 2.39. The van der Waals surface area contributed by atoms with E-state index in [2.05, 4.69) is 0 Å². The molecule has 2 aliphatic heterocycles. The molecule has 0 saturated carbocycles. The van der Waals surface area contributed by atoms with Gasteiger partial charge in [0.25, 0.3) is 5.69 Å². The Morgan fingerprint density at radius 3 is 2.58 bits per heavy atom. The molecule has 0 amide bonds. The standard InChI is InChI=1S/C22H19NO8/c24-17(11-8-13-6-9-15(10-7-13)23(27)28)30-22-20-16(12-18(25)31-20)29-21(22)19(26)14-4-2-1-3-5-14/h1-11,16,19-22,26H,12H2/b11-8+/t16-,19+,20+,21-,22-/m1/s1. The Morgan fingerprint density at radius 2 is 1.90 bits per heavy atom. The smallest absolute Gasteiger partial charge is 0.331 e. The molecule has 4 rings (SSSR count). The van der Waals surface area contributed by atoms with E-state index in [1.807, 2.05) is 6.07 Å². The van der Waals surface area contributed by atoms with E-state index in [-0.39, 0.29) is 12.1 Å². The van der Waals surface area contributed by atoms with Crippen LogP contribution in [-0.4, -0.2) is 46.4 Å². The van der Waals surface area contributed by atoms with Gasteiger partial charge in [-0.15, -0.1) is 0 Å². The van der Waals surface area contributed by atoms with E-state index in [0.29, 0.717) is 11.1 Å². The normalized spacial score (nSPS) is 25.8. The molecule has 0 radical (unpaired) electrons. The lowest BCUT2D eigenvalue weighted by Gasteiger charge is -2.25. The minimum atomic E-state index is -1.08. The van der Waals surface area contributed by atoms with E-state index in [9.17, 15) is 24.8 Å². The van der Waals surface area contributed by atoms with Crippen molar-refractivity contribution in [2.24, 2.45) is 0 Å². The van der Waals surface area contributed by atoms with Gasteiger partial charge in [-0.05, 0) is 29.3 Å². The number of ether oxygens (including phenoxy) is 3. The van der Waals surface area contributed by atoms with Gasteiger partial charge in [-0.25, -0.2) is 4.79 Å². The van der Waals surface area contributed by atoms with E-state index in [1.165, 1.54) is 30.3 Å². The summed E-state index contributed by atoms with van der Waals surface area (Å²) in [6.07, 6.45) is -1.74. The third-order valence-electron chi connectivity index (χ3n) is 5.20. The molecule has 2 fully saturated rings. The lowest BCUT2D eigenvalue weighted by atomic mass is 9.98. The lowest BCUT2D eigenvalue weighted by Crippen LogP contribution is -2.39. The quantitative estimate of drug-likeness (QED) is 0.324. The number of rotatable bonds is 6. The van der Waals surface area contributed by atoms with Crippen LogP contribution in [0.5, 0.6) is 0 Å². The SMILES string of the molecule is O=C(/C=C/c1ccc([N+](=O)[O-])cc1)O[C@@H]1[C@H]2OC(=O)C[C@H]2O[C@@H]1[C@@H](O)c1ccccc1. The van der Waals surface area contributed by atoms with Gasteiger partial charge in [0.2, 0.25) is 0 Å². The van der Waals surface area contributed by atoms with Crippen molar-refractivity contribution >= 4 is 23.7 Å². The summed E-state index contributed by atoms with van der Waals surface area (Å²) in [5.41, 5.74) is 1.09. The largest absolute Gasteiger partial charge is 0.455 e. The van der Waals surface area contributed by atoms with Crippen LogP contribution in [0.4, 0.5) is 5.69 Å². The highest BCUT2D eigenvalue weighted by Gasteiger charge is 2.55. The van der Waals surface area contributed by atoms with E-state index >= 15 is 0 Å². The van der Waals surface area contributed by atoms with Crippen molar-refractivity contribution in [2.45, 2.75) is 36.9 Å². The Bertz CT molecular complexity index is 1000. The minimum Gasteiger partial charge on any atom is -0.455 e. The highest BCUT2D eigenvalue weighted by molar-refractivity contribution is 5.87. The average molecular weight is 425 g/mol. The number of carbonyl (C=O) groups excluding carboxylic acids is 2. The summed E-state index contributed by atoms with van der Waals surface area (Å²) in [5, 5.41) is 21.5. The van der Waals surface area contributed by atoms with Crippen LogP contribution in [0.2, 0.25) is 0 Å². The maximum atomic E-state index is 12.4. The molecular formula is C22H19NO8. The summed E-state index contributed by atoms with van der Waals surface area (Å²) in [6, 6.07) is 14.4. The van der Waals surface area contributed by atoms with E-state index in [0.717, 1.165) is 6.08 Å². The van der Waals surface area contributed by atoms with E-state index in [4.69, 9.17) is 14.2 Å². The summed E-state index contributed by atoms with van der Waals surface area (Å²) in [6.45, 7) is 0. The second-order valence-electron chi connectivity index (χ2n) is 7.24. The number of aliphatic hydroxyl groups is 1. The molecule has 31 heavy (non-hydrogen) atoms. The van der Waals surface area contributed by atoms with Crippen LogP contribution in [0.25, 0.3) is 6.08 Å². The number of benzene rings is 2. The Balaban J connectivity index is 1.48. The number of aliphatic hydroxyl groups excluding tert-OH is 1. The van der Waals surface area contributed by atoms with Crippen molar-refractivity contribution in [3.8, 4) is 0 Å². The molecule has 2 aromatic rings. The first-order chi connectivity index (χ1) is 14.9. The van der Waals surface area contributed by atoms with Crippen molar-refractivity contribution in [1.82, 2.24) is 0 Å². The fraction of sp³-hybridized carbons (Fsp3) is 0.273. The second kappa shape index (κ2) is 8.66. The zero-order chi connectivity index (χ0) is 22.0. The maximum absolute atomic E-state index is 12.4. The van der Waals surface area contributed by atoms with Crippen LogP contribution in [-0.2, 0) is 23.8 Å². The number of nitro groups is 1. The predicted octanol–water partition coefficient (Wildman–Crippen LogP) is 2.34. The van der Waals surface area contributed by atoms with Crippen LogP contribution < -0.4 is 0 Å². The van der Waals surface area contributed by atoms with Gasteiger partial charge in [-0.1, -0.05) is 30.3 Å². The molecule has 0 aromatic heterocycles. The number of nitrogens with zero attached hydrogens (tertiary/aromatic N) is 1. The molecule has 2 aliphatic rings. The Labute approximate surface area is 177 Å². The first-order valence-electron chi connectivity index (χ1n) is 9.63. The first kappa shape index (κ1) is 20.7. The molecule has 160 valence electrons. The third kappa shape index (κ3) is 4.47. The number of hydrogen-bond acceptors (Lipinski definition) is 8. The number of nitro benzene ring substituents is 1. The molecule has 1 N–H and O–H groups in total. The number of fused-ring (bicyclic) bond motifs is 1. The lowest BCUT2D eigenvalue weighted by molar-refractivity contribution is -0.384. The molecule has 9 nitrogen and oxygen atoms in total. The van der Waals surface area contributed by atoms with Gasteiger partial charge in [0.1, 0.15) is 18.3 Å². The van der Waals surface area contributed by atoms with Crippen molar-refractivity contribution < 1.29 is 33.8 Å². The molecule has 0 unspecified atom stereocenters. The van der Waals surface area contributed by atoms with Crippen molar-refractivity contribution in [1.29, 1.82) is 0 Å². The average Bonchev–Trinajstić information content (AvgIpc) is 3.29. The van der Waals surface area contributed by atoms with Gasteiger partial charge < -0.3 is 19.3 Å². The second-order valence-corrected chi connectivity index (χ2v) is 7.24. The van der Waals surface area contributed by atoms with Crippen molar-refractivity contribution in [2.75, 3.05) is 0 Å². The number of esters is 2. The maximum Gasteiger partial charge on any atom is 0.331 e. The molecule has 2 aromatic carbocycles. The molecule has 0 aliphatic carbocycles. The molecule has 9 heteroatoms. The van der Waals surface area contributed by atoms with Crippen LogP contribution >= 0.6 is 0 Å². The van der Waals surface area contributed by atoms with Crippen molar-refractivity contribution in [3.05, 3.63) is 81.9 Å². The summed E-state index contributed by atoms with van der Waals surface area (Å²) in [4.78, 5) is 34.3. The Hall–Kier alpha value is -3.56. The topological polar surface area (TPSA) is 125 Å². The van der Waals surface area contributed by atoms with E-state index < -0.39 is 47.4 Å². The Morgan fingerprint density at radius 1 is 1.19 bits per heavy atom. The van der Waals surface area contributed by atoms with Crippen LogP contribution in [0.3, 0.4) is 0 Å². The predicted molar refractivity (Wildman–Crippen MR) is 107 cm³/mol. The molecule has 0 bridgehead atoms. The minimum absolute atomic E-state index is 0.0232. The van der Waals surface area contributed by atoms with Crippen LogP contribution in [0, 0.1) is 10.1 Å². The summed E-state index contributed by atoms with van der Waals surface area (Å²) < 4.78 is 16.6. The molecule has 2 saturated heterocycles. The summed E-state index contributed by atoms with van der Waals surface area (Å²) in [5.74, 6) is -1.18. The monoisotopic (exact) mass is 425 g/mol. The first-order valence-corrected chi connectivity index (χ1v) is 9.63. The molecule has 5 atom stereocenters. The third-order valence-corrected chi connectivity index (χ3v) is 5.20. The van der Waals surface area contributed by atoms with Crippen LogP contribution in [0.1, 0.15) is 23.7 Å². The fourth-order valence-electron chi connectivity index (χ4n) is 3.70. The summed E-state index contributed by atoms with van der Waals surface area (Å²) in [7, 11) is 0. The van der Waals surface area contributed by atoms with Gasteiger partial charge in [0, 0.05) is 18.2 Å². The van der Waals surface area contributed by atoms with Crippen LogP contribution in [0.15, 0.2) is 60.7 Å². The summed E-state index contributed by atoms with van der Waals surface area (Å²) >= 11 is 0.